The molecule has 0 aromatic carbocycles. The first-order chi connectivity index (χ1) is 5.74. The molecule has 1 saturated heterocycles. The van der Waals surface area contributed by atoms with Crippen LogP contribution in [-0.4, -0.2) is 30.1 Å². The van der Waals surface area contributed by atoms with Crippen LogP contribution in [0.4, 0.5) is 4.79 Å². The van der Waals surface area contributed by atoms with Crippen LogP contribution < -0.4 is 5.32 Å². The maximum atomic E-state index is 11.3. The third-order valence-corrected chi connectivity index (χ3v) is 1.94. The average Bonchev–Trinajstić information content (AvgIpc) is 1.82. The molecular weight excluding hydrogens is 152 g/mol. The molecule has 1 aliphatic heterocycles. The molecule has 66 valence electrons. The van der Waals surface area contributed by atoms with E-state index in [1.54, 1.807) is 4.90 Å². The van der Waals surface area contributed by atoms with Crippen molar-refractivity contribution in [2.24, 2.45) is 0 Å². The zero-order valence-corrected chi connectivity index (χ0v) is 7.34. The highest BCUT2D eigenvalue weighted by molar-refractivity contribution is 5.75. The van der Waals surface area contributed by atoms with Gasteiger partial charge in [-0.05, 0) is 13.3 Å². The SMILES string of the molecule is C#CCC(C)NC(=O)N1CCC1. The third kappa shape index (κ3) is 2.16. The summed E-state index contributed by atoms with van der Waals surface area (Å²) in [5, 5.41) is 2.83. The van der Waals surface area contributed by atoms with Crippen LogP contribution in [-0.2, 0) is 0 Å². The van der Waals surface area contributed by atoms with Gasteiger partial charge in [0.05, 0.1) is 0 Å². The number of hydrogen-bond acceptors (Lipinski definition) is 1. The number of carbonyl (C=O) groups excluding carboxylic acids is 1. The molecule has 0 aromatic rings. The first-order valence-corrected chi connectivity index (χ1v) is 4.23. The normalized spacial score (nSPS) is 17.5. The van der Waals surface area contributed by atoms with Crippen molar-refractivity contribution in [1.29, 1.82) is 0 Å². The molecule has 1 rings (SSSR count). The lowest BCUT2D eigenvalue weighted by atomic mass is 10.2. The summed E-state index contributed by atoms with van der Waals surface area (Å²) < 4.78 is 0. The van der Waals surface area contributed by atoms with E-state index in [2.05, 4.69) is 11.2 Å². The van der Waals surface area contributed by atoms with Crippen molar-refractivity contribution >= 4 is 6.03 Å². The highest BCUT2D eigenvalue weighted by Gasteiger charge is 2.20. The summed E-state index contributed by atoms with van der Waals surface area (Å²) >= 11 is 0. The van der Waals surface area contributed by atoms with Gasteiger partial charge in [-0.3, -0.25) is 0 Å². The monoisotopic (exact) mass is 166 g/mol. The van der Waals surface area contributed by atoms with Crippen molar-refractivity contribution in [1.82, 2.24) is 10.2 Å². The van der Waals surface area contributed by atoms with Crippen LogP contribution in [0.25, 0.3) is 0 Å². The minimum atomic E-state index is 0.0176. The smallest absolute Gasteiger partial charge is 0.317 e. The van der Waals surface area contributed by atoms with Crippen LogP contribution in [0.2, 0.25) is 0 Å². The van der Waals surface area contributed by atoms with Crippen molar-refractivity contribution in [3.8, 4) is 12.3 Å². The van der Waals surface area contributed by atoms with Crippen molar-refractivity contribution in [3.63, 3.8) is 0 Å². The fourth-order valence-electron chi connectivity index (χ4n) is 1.05. The van der Waals surface area contributed by atoms with Gasteiger partial charge in [0.1, 0.15) is 0 Å². The van der Waals surface area contributed by atoms with Crippen molar-refractivity contribution in [2.75, 3.05) is 13.1 Å². The molecule has 0 aromatic heterocycles. The van der Waals surface area contributed by atoms with E-state index < -0.39 is 0 Å². The lowest BCUT2D eigenvalue weighted by molar-refractivity contribution is 0.165. The predicted octanol–water partition coefficient (Wildman–Crippen LogP) is 0.814. The first-order valence-electron chi connectivity index (χ1n) is 4.23. The van der Waals surface area contributed by atoms with Gasteiger partial charge in [-0.25, -0.2) is 4.79 Å². The maximum absolute atomic E-state index is 11.3. The Morgan fingerprint density at radius 1 is 1.75 bits per heavy atom. The molecule has 1 N–H and O–H groups in total. The highest BCUT2D eigenvalue weighted by Crippen LogP contribution is 2.05. The summed E-state index contributed by atoms with van der Waals surface area (Å²) in [6.07, 6.45) is 6.83. The Morgan fingerprint density at radius 3 is 2.83 bits per heavy atom. The van der Waals surface area contributed by atoms with Gasteiger partial charge in [-0.2, -0.15) is 0 Å². The summed E-state index contributed by atoms with van der Waals surface area (Å²) in [6.45, 7) is 3.68. The topological polar surface area (TPSA) is 32.3 Å². The van der Waals surface area contributed by atoms with Crippen LogP contribution in [0.15, 0.2) is 0 Å². The van der Waals surface area contributed by atoms with Crippen molar-refractivity contribution < 1.29 is 4.79 Å². The first kappa shape index (κ1) is 8.92. The van der Waals surface area contributed by atoms with E-state index in [9.17, 15) is 4.79 Å². The number of nitrogens with one attached hydrogen (secondary N) is 1. The van der Waals surface area contributed by atoms with Crippen molar-refractivity contribution in [3.05, 3.63) is 0 Å². The quantitative estimate of drug-likeness (QED) is 0.605. The number of hydrogen-bond donors (Lipinski definition) is 1. The maximum Gasteiger partial charge on any atom is 0.317 e. The lowest BCUT2D eigenvalue weighted by Gasteiger charge is -2.31. The number of nitrogens with zero attached hydrogens (tertiary/aromatic N) is 1. The van der Waals surface area contributed by atoms with Crippen molar-refractivity contribution in [2.45, 2.75) is 25.8 Å². The second kappa shape index (κ2) is 4.01. The Morgan fingerprint density at radius 2 is 2.42 bits per heavy atom. The van der Waals surface area contributed by atoms with Gasteiger partial charge in [0.25, 0.3) is 0 Å². The largest absolute Gasteiger partial charge is 0.335 e. The van der Waals surface area contributed by atoms with Gasteiger partial charge in [-0.1, -0.05) is 0 Å². The number of urea groups is 1. The Hall–Kier alpha value is -1.17. The van der Waals surface area contributed by atoms with E-state index >= 15 is 0 Å². The summed E-state index contributed by atoms with van der Waals surface area (Å²) in [4.78, 5) is 13.0. The minimum absolute atomic E-state index is 0.0176. The second-order valence-corrected chi connectivity index (χ2v) is 3.10. The Labute approximate surface area is 73.1 Å². The molecule has 1 fully saturated rings. The van der Waals surface area contributed by atoms with Crippen LogP contribution >= 0.6 is 0 Å². The fraction of sp³-hybridized carbons (Fsp3) is 0.667. The van der Waals surface area contributed by atoms with Gasteiger partial charge in [-0.15, -0.1) is 12.3 Å². The van der Waals surface area contributed by atoms with E-state index in [0.29, 0.717) is 6.42 Å². The summed E-state index contributed by atoms with van der Waals surface area (Å²) in [6, 6.07) is 0.104. The summed E-state index contributed by atoms with van der Waals surface area (Å²) in [5.41, 5.74) is 0. The van der Waals surface area contributed by atoms with E-state index in [1.165, 1.54) is 0 Å². The predicted molar refractivity (Wildman–Crippen MR) is 47.6 cm³/mol. The molecule has 0 bridgehead atoms. The summed E-state index contributed by atoms with van der Waals surface area (Å²) in [5.74, 6) is 2.51. The molecule has 3 heteroatoms. The molecule has 2 amide bonds. The highest BCUT2D eigenvalue weighted by atomic mass is 16.2. The number of terminal acetylenes is 1. The van der Waals surface area contributed by atoms with Gasteiger partial charge in [0.2, 0.25) is 0 Å². The lowest BCUT2D eigenvalue weighted by Crippen LogP contribution is -2.50. The van der Waals surface area contributed by atoms with Crippen LogP contribution in [0.5, 0.6) is 0 Å². The molecule has 1 heterocycles. The Kier molecular flexibility index (Phi) is 2.98. The van der Waals surface area contributed by atoms with Gasteiger partial charge in [0, 0.05) is 25.6 Å². The molecular formula is C9H14N2O. The zero-order valence-electron chi connectivity index (χ0n) is 7.34. The van der Waals surface area contributed by atoms with E-state index in [4.69, 9.17) is 6.42 Å². The molecule has 12 heavy (non-hydrogen) atoms. The molecule has 1 aliphatic rings. The van der Waals surface area contributed by atoms with Gasteiger partial charge in [0.15, 0.2) is 0 Å². The molecule has 3 nitrogen and oxygen atoms in total. The van der Waals surface area contributed by atoms with Gasteiger partial charge < -0.3 is 10.2 Å². The average molecular weight is 166 g/mol. The number of amides is 2. The van der Waals surface area contributed by atoms with Crippen LogP contribution in [0.1, 0.15) is 19.8 Å². The number of rotatable bonds is 2. The second-order valence-electron chi connectivity index (χ2n) is 3.10. The number of carbonyl (C=O) groups is 1. The van der Waals surface area contributed by atoms with Gasteiger partial charge >= 0.3 is 6.03 Å². The number of likely N-dealkylation sites (tertiary alicyclic amines) is 1. The molecule has 0 saturated carbocycles. The Balaban J connectivity index is 2.21. The minimum Gasteiger partial charge on any atom is -0.335 e. The Bertz CT molecular complexity index is 203. The van der Waals surface area contributed by atoms with Crippen LogP contribution in [0, 0.1) is 12.3 Å². The third-order valence-electron chi connectivity index (χ3n) is 1.94. The summed E-state index contributed by atoms with van der Waals surface area (Å²) in [7, 11) is 0. The molecule has 1 unspecified atom stereocenters. The molecule has 0 radical (unpaired) electrons. The van der Waals surface area contributed by atoms with E-state index in [1.807, 2.05) is 6.92 Å². The zero-order chi connectivity index (χ0) is 8.97. The van der Waals surface area contributed by atoms with Crippen LogP contribution in [0.3, 0.4) is 0 Å². The molecule has 0 spiro atoms. The molecule has 1 atom stereocenters. The standard InChI is InChI=1S/C9H14N2O/c1-3-5-8(2)10-9(12)11-6-4-7-11/h1,8H,4-7H2,2H3,(H,10,12). The molecule has 0 aliphatic carbocycles. The van der Waals surface area contributed by atoms with E-state index in [0.717, 1.165) is 19.5 Å². The van der Waals surface area contributed by atoms with E-state index in [-0.39, 0.29) is 12.1 Å². The fourth-order valence-corrected chi connectivity index (χ4v) is 1.05.